The molecule has 7 nitrogen and oxygen atoms in total. The number of piperazine rings is 1. The zero-order valence-electron chi connectivity index (χ0n) is 18.6. The Labute approximate surface area is 196 Å². The molecule has 172 valence electrons. The Bertz CT molecular complexity index is 1020. The summed E-state index contributed by atoms with van der Waals surface area (Å²) in [6.07, 6.45) is 0. The van der Waals surface area contributed by atoms with E-state index in [0.717, 1.165) is 18.7 Å². The van der Waals surface area contributed by atoms with Crippen LogP contribution in [0.15, 0.2) is 24.3 Å². The van der Waals surface area contributed by atoms with Crippen LogP contribution in [0.5, 0.6) is 0 Å². The zero-order chi connectivity index (χ0) is 23.4. The van der Waals surface area contributed by atoms with Crippen LogP contribution in [0.3, 0.4) is 0 Å². The second kappa shape index (κ2) is 10.4. The fraction of sp³-hybridized carbons (Fsp3) is 0.409. The minimum atomic E-state index is -0.512. The number of carbonyl (C=O) groups is 2. The maximum absolute atomic E-state index is 13.4. The third-order valence-corrected chi connectivity index (χ3v) is 6.87. The van der Waals surface area contributed by atoms with Gasteiger partial charge in [-0.3, -0.25) is 9.69 Å². The number of hydrogen-bond donors (Lipinski definition) is 1. The van der Waals surface area contributed by atoms with Crippen molar-refractivity contribution in [3.05, 3.63) is 51.7 Å². The quantitative estimate of drug-likeness (QED) is 0.523. The summed E-state index contributed by atoms with van der Waals surface area (Å²) in [6, 6.07) is 6.63. The highest BCUT2D eigenvalue weighted by atomic mass is 32.1. The van der Waals surface area contributed by atoms with Crippen LogP contribution < -0.4 is 5.32 Å². The molecule has 2 heterocycles. The van der Waals surface area contributed by atoms with Crippen LogP contribution >= 0.6 is 23.6 Å². The SMILES string of the molecule is COC(=O)c1c(NC(=S)N2CCN(Cc3cccc(F)c3)CC2)sc(C(=O)N(C)C)c1C. The molecule has 0 unspecified atom stereocenters. The predicted octanol–water partition coefficient (Wildman–Crippen LogP) is 3.20. The van der Waals surface area contributed by atoms with Gasteiger partial charge in [-0.25, -0.2) is 9.18 Å². The van der Waals surface area contributed by atoms with Crippen molar-refractivity contribution in [2.75, 3.05) is 52.7 Å². The second-order valence-electron chi connectivity index (χ2n) is 7.77. The van der Waals surface area contributed by atoms with Crippen molar-refractivity contribution < 1.29 is 18.7 Å². The van der Waals surface area contributed by atoms with E-state index in [9.17, 15) is 14.0 Å². The normalized spacial score (nSPS) is 14.2. The highest BCUT2D eigenvalue weighted by Crippen LogP contribution is 2.34. The number of anilines is 1. The number of nitrogens with zero attached hydrogens (tertiary/aromatic N) is 3. The Balaban J connectivity index is 1.67. The molecule has 0 bridgehead atoms. The van der Waals surface area contributed by atoms with Gasteiger partial charge in [0, 0.05) is 46.8 Å². The number of methoxy groups -OCH3 is 1. The van der Waals surface area contributed by atoms with Crippen molar-refractivity contribution in [1.82, 2.24) is 14.7 Å². The van der Waals surface area contributed by atoms with Gasteiger partial charge in [0.15, 0.2) is 5.11 Å². The molecular formula is C22H27FN4O3S2. The molecule has 3 rings (SSSR count). The monoisotopic (exact) mass is 478 g/mol. The number of halogens is 1. The highest BCUT2D eigenvalue weighted by molar-refractivity contribution is 7.80. The van der Waals surface area contributed by atoms with Gasteiger partial charge in [-0.1, -0.05) is 12.1 Å². The number of esters is 1. The number of carbonyl (C=O) groups excluding carboxylic acids is 2. The summed E-state index contributed by atoms with van der Waals surface area (Å²) in [5.74, 6) is -0.921. The fourth-order valence-electron chi connectivity index (χ4n) is 3.54. The molecular weight excluding hydrogens is 451 g/mol. The average molecular weight is 479 g/mol. The zero-order valence-corrected chi connectivity index (χ0v) is 20.2. The van der Waals surface area contributed by atoms with E-state index in [0.29, 0.717) is 45.8 Å². The van der Waals surface area contributed by atoms with Gasteiger partial charge < -0.3 is 19.9 Å². The number of thiophene rings is 1. The maximum Gasteiger partial charge on any atom is 0.341 e. The Hall–Kier alpha value is -2.56. The number of rotatable bonds is 5. The fourth-order valence-corrected chi connectivity index (χ4v) is 5.10. The van der Waals surface area contributed by atoms with E-state index in [4.69, 9.17) is 17.0 Å². The van der Waals surface area contributed by atoms with E-state index in [1.165, 1.54) is 29.4 Å². The van der Waals surface area contributed by atoms with Gasteiger partial charge in [-0.15, -0.1) is 11.3 Å². The van der Waals surface area contributed by atoms with Crippen molar-refractivity contribution in [1.29, 1.82) is 0 Å². The summed E-state index contributed by atoms with van der Waals surface area (Å²) < 4.78 is 18.4. The minimum Gasteiger partial charge on any atom is -0.465 e. The van der Waals surface area contributed by atoms with Crippen molar-refractivity contribution >= 4 is 45.5 Å². The number of amides is 1. The van der Waals surface area contributed by atoms with E-state index in [1.807, 2.05) is 11.0 Å². The molecule has 10 heteroatoms. The first-order valence-electron chi connectivity index (χ1n) is 10.2. The topological polar surface area (TPSA) is 65.1 Å². The molecule has 1 fully saturated rings. The molecule has 0 spiro atoms. The van der Waals surface area contributed by atoms with E-state index in [2.05, 4.69) is 10.2 Å². The van der Waals surface area contributed by atoms with E-state index < -0.39 is 5.97 Å². The Morgan fingerprint density at radius 2 is 1.94 bits per heavy atom. The Morgan fingerprint density at radius 1 is 1.25 bits per heavy atom. The van der Waals surface area contributed by atoms with Gasteiger partial charge in [-0.2, -0.15) is 0 Å². The van der Waals surface area contributed by atoms with Gasteiger partial charge in [0.05, 0.1) is 17.6 Å². The van der Waals surface area contributed by atoms with Crippen LogP contribution in [0.4, 0.5) is 9.39 Å². The lowest BCUT2D eigenvalue weighted by Gasteiger charge is -2.36. The molecule has 0 radical (unpaired) electrons. The molecule has 0 atom stereocenters. The van der Waals surface area contributed by atoms with E-state index in [-0.39, 0.29) is 11.7 Å². The first kappa shape index (κ1) is 24.1. The summed E-state index contributed by atoms with van der Waals surface area (Å²) in [5.41, 5.74) is 1.84. The molecule has 1 saturated heterocycles. The van der Waals surface area contributed by atoms with Gasteiger partial charge in [0.1, 0.15) is 10.8 Å². The molecule has 1 aliphatic heterocycles. The second-order valence-corrected chi connectivity index (χ2v) is 9.18. The lowest BCUT2D eigenvalue weighted by atomic mass is 10.1. The van der Waals surface area contributed by atoms with Crippen LogP contribution in [0.2, 0.25) is 0 Å². The lowest BCUT2D eigenvalue weighted by molar-refractivity contribution is 0.0601. The first-order valence-corrected chi connectivity index (χ1v) is 11.4. The van der Waals surface area contributed by atoms with Crippen molar-refractivity contribution in [3.8, 4) is 0 Å². The summed E-state index contributed by atoms with van der Waals surface area (Å²) in [6.45, 7) is 5.36. The van der Waals surface area contributed by atoms with Crippen LogP contribution in [-0.2, 0) is 11.3 Å². The van der Waals surface area contributed by atoms with E-state index in [1.54, 1.807) is 33.2 Å². The maximum atomic E-state index is 13.4. The highest BCUT2D eigenvalue weighted by Gasteiger charge is 2.28. The molecule has 2 aromatic rings. The van der Waals surface area contributed by atoms with Crippen LogP contribution in [0, 0.1) is 12.7 Å². The average Bonchev–Trinajstić information content (AvgIpc) is 3.08. The Kier molecular flexibility index (Phi) is 7.81. The van der Waals surface area contributed by atoms with Crippen LogP contribution in [-0.4, -0.2) is 79.1 Å². The van der Waals surface area contributed by atoms with Gasteiger partial charge in [0.2, 0.25) is 0 Å². The predicted molar refractivity (Wildman–Crippen MR) is 128 cm³/mol. The molecule has 32 heavy (non-hydrogen) atoms. The molecule has 1 amide bonds. The summed E-state index contributed by atoms with van der Waals surface area (Å²) >= 11 is 6.80. The summed E-state index contributed by atoms with van der Waals surface area (Å²) in [4.78, 5) is 31.1. The van der Waals surface area contributed by atoms with Crippen LogP contribution in [0.25, 0.3) is 0 Å². The molecule has 0 aliphatic carbocycles. The van der Waals surface area contributed by atoms with E-state index >= 15 is 0 Å². The van der Waals surface area contributed by atoms with Crippen molar-refractivity contribution in [2.24, 2.45) is 0 Å². The summed E-state index contributed by atoms with van der Waals surface area (Å²) in [5, 5.41) is 4.16. The van der Waals surface area contributed by atoms with Crippen LogP contribution in [0.1, 0.15) is 31.2 Å². The largest absolute Gasteiger partial charge is 0.465 e. The third kappa shape index (κ3) is 5.43. The van der Waals surface area contributed by atoms with Gasteiger partial charge in [0.25, 0.3) is 5.91 Å². The third-order valence-electron chi connectivity index (χ3n) is 5.31. The standard InChI is InChI=1S/C22H27FN4O3S2/c1-14-17(21(29)30-4)19(32-18(14)20(28)25(2)3)24-22(31)27-10-8-26(9-11-27)13-15-6-5-7-16(23)12-15/h5-7,12H,8-11,13H2,1-4H3,(H,24,31). The minimum absolute atomic E-state index is 0.178. The molecule has 1 aromatic carbocycles. The summed E-state index contributed by atoms with van der Waals surface area (Å²) in [7, 11) is 4.65. The molecule has 0 saturated carbocycles. The number of benzene rings is 1. The van der Waals surface area contributed by atoms with Crippen molar-refractivity contribution in [3.63, 3.8) is 0 Å². The Morgan fingerprint density at radius 3 is 2.53 bits per heavy atom. The smallest absolute Gasteiger partial charge is 0.341 e. The number of nitrogens with one attached hydrogen (secondary N) is 1. The number of hydrogen-bond acceptors (Lipinski definition) is 6. The number of ether oxygens (including phenoxy) is 1. The van der Waals surface area contributed by atoms with Gasteiger partial charge in [-0.05, 0) is 42.4 Å². The number of thiocarbonyl (C=S) groups is 1. The van der Waals surface area contributed by atoms with Gasteiger partial charge >= 0.3 is 5.97 Å². The first-order chi connectivity index (χ1) is 15.2. The molecule has 1 N–H and O–H groups in total. The molecule has 1 aromatic heterocycles. The van der Waals surface area contributed by atoms with Crippen molar-refractivity contribution in [2.45, 2.75) is 13.5 Å². The molecule has 1 aliphatic rings. The lowest BCUT2D eigenvalue weighted by Crippen LogP contribution is -2.49.